The number of hydrogen-bond donors (Lipinski definition) is 0. The van der Waals surface area contributed by atoms with Gasteiger partial charge in [-0.05, 0) is 115 Å². The topological polar surface area (TPSA) is 49.8 Å². The number of benzene rings is 7. The minimum Gasteiger partial charge on any atom is -0.454 e. The third-order valence-electron chi connectivity index (χ3n) is 13.1. The van der Waals surface area contributed by atoms with Gasteiger partial charge in [0.15, 0.2) is 16.9 Å². The van der Waals surface area contributed by atoms with E-state index in [0.29, 0.717) is 28.1 Å². The van der Waals surface area contributed by atoms with Crippen molar-refractivity contribution in [3.63, 3.8) is 0 Å². The third-order valence-corrected chi connectivity index (χ3v) is 13.1. The summed E-state index contributed by atoms with van der Waals surface area (Å²) < 4.78 is 14.0. The summed E-state index contributed by atoms with van der Waals surface area (Å²) in [5.74, 6) is 0.579. The maximum Gasteiger partial charge on any atom is 0.194 e. The average molecular weight is 851 g/mol. The molecule has 0 aliphatic heterocycles. The van der Waals surface area contributed by atoms with Gasteiger partial charge in [-0.3, -0.25) is 4.79 Å². The average Bonchev–Trinajstić information content (AvgIpc) is 3.94. The molecule has 0 saturated heterocycles. The maximum atomic E-state index is 15.8. The summed E-state index contributed by atoms with van der Waals surface area (Å²) in [5.41, 5.74) is 15.9. The lowest BCUT2D eigenvalue weighted by Gasteiger charge is -2.29. The van der Waals surface area contributed by atoms with Crippen LogP contribution < -0.4 is 9.80 Å². The van der Waals surface area contributed by atoms with Crippen LogP contribution in [0.3, 0.4) is 0 Å². The molecule has 1 aliphatic rings. The molecule has 0 fully saturated rings. The van der Waals surface area contributed by atoms with Gasteiger partial charge in [0.2, 0.25) is 0 Å². The Kier molecular flexibility index (Phi) is 9.87. The van der Waals surface area contributed by atoms with Crippen LogP contribution >= 0.6 is 0 Å². The highest BCUT2D eigenvalue weighted by Gasteiger charge is 2.39. The van der Waals surface area contributed by atoms with Crippen LogP contribution in [0.4, 0.5) is 34.1 Å². The van der Waals surface area contributed by atoms with Gasteiger partial charge in [-0.1, -0.05) is 139 Å². The second kappa shape index (κ2) is 15.4. The van der Waals surface area contributed by atoms with Crippen molar-refractivity contribution in [2.45, 2.75) is 73.1 Å². The zero-order valence-electron chi connectivity index (χ0n) is 38.8. The second-order valence-corrected chi connectivity index (χ2v) is 19.4. The normalized spacial score (nSPS) is 12.7. The third kappa shape index (κ3) is 6.72. The Balaban J connectivity index is 1.32. The summed E-state index contributed by atoms with van der Waals surface area (Å²) in [4.78, 5) is 20.3. The molecule has 65 heavy (non-hydrogen) atoms. The molecule has 9 aromatic rings. The molecule has 0 saturated carbocycles. The molecule has 5 heteroatoms. The quantitative estimate of drug-likeness (QED) is 0.152. The van der Waals surface area contributed by atoms with E-state index in [1.54, 1.807) is 6.08 Å². The van der Waals surface area contributed by atoms with Crippen LogP contribution in [0.2, 0.25) is 0 Å². The number of furan rings is 2. The SMILES string of the molecule is C=Cc1oc2c(N(c3ccc(C(C)(C)C)cc3)c3ccccc3C)cc3c(c2c1/C=C\C)-c1c(cc(N(c2ccc(C(C)(C)C)cc2)c2ccccc2C)c2oc4ccccc4c12)C3=O. The second-order valence-electron chi connectivity index (χ2n) is 19.4. The minimum atomic E-state index is -0.0556. The Morgan fingerprint density at radius 1 is 0.554 bits per heavy atom. The van der Waals surface area contributed by atoms with Crippen LogP contribution in [0.5, 0.6) is 0 Å². The molecule has 2 heterocycles. The number of nitrogens with zero attached hydrogens (tertiary/aromatic N) is 2. The minimum absolute atomic E-state index is 0.0248. The molecule has 0 amide bonds. The Morgan fingerprint density at radius 2 is 1.02 bits per heavy atom. The van der Waals surface area contributed by atoms with E-state index in [-0.39, 0.29) is 16.6 Å². The summed E-state index contributed by atoms with van der Waals surface area (Å²) in [6.45, 7) is 23.9. The molecule has 322 valence electrons. The Hall–Kier alpha value is -7.37. The molecule has 1 aliphatic carbocycles. The molecule has 0 spiro atoms. The first-order valence-corrected chi connectivity index (χ1v) is 22.5. The molecule has 0 N–H and O–H groups in total. The number of aryl methyl sites for hydroxylation is 2. The fourth-order valence-electron chi connectivity index (χ4n) is 9.69. The summed E-state index contributed by atoms with van der Waals surface area (Å²) in [5, 5.41) is 2.68. The number of carbonyl (C=O) groups excluding carboxylic acids is 1. The molecular weight excluding hydrogens is 797 g/mol. The van der Waals surface area contributed by atoms with Gasteiger partial charge in [-0.15, -0.1) is 0 Å². The fourth-order valence-corrected chi connectivity index (χ4v) is 9.69. The number of hydrogen-bond acceptors (Lipinski definition) is 5. The van der Waals surface area contributed by atoms with Gasteiger partial charge in [0.05, 0.1) is 11.4 Å². The van der Waals surface area contributed by atoms with Gasteiger partial charge >= 0.3 is 0 Å². The molecule has 0 atom stereocenters. The molecule has 0 bridgehead atoms. The predicted molar refractivity (Wildman–Crippen MR) is 273 cm³/mol. The number of fused-ring (bicyclic) bond motifs is 9. The van der Waals surface area contributed by atoms with Crippen LogP contribution in [0, 0.1) is 13.8 Å². The van der Waals surface area contributed by atoms with Crippen LogP contribution in [0.25, 0.3) is 56.2 Å². The largest absolute Gasteiger partial charge is 0.454 e. The van der Waals surface area contributed by atoms with Crippen molar-refractivity contribution in [1.82, 2.24) is 0 Å². The number of rotatable bonds is 8. The number of ketones is 1. The fraction of sp³-hybridized carbons (Fsp3) is 0.183. The molecule has 0 radical (unpaired) electrons. The van der Waals surface area contributed by atoms with Crippen molar-refractivity contribution in [2.24, 2.45) is 0 Å². The van der Waals surface area contributed by atoms with E-state index in [4.69, 9.17) is 8.83 Å². The zero-order chi connectivity index (χ0) is 45.5. The highest BCUT2D eigenvalue weighted by molar-refractivity contribution is 6.35. The highest BCUT2D eigenvalue weighted by atomic mass is 16.3. The molecule has 5 nitrogen and oxygen atoms in total. The zero-order valence-corrected chi connectivity index (χ0v) is 38.8. The first-order valence-electron chi connectivity index (χ1n) is 22.5. The molecular formula is C60H54N2O3. The standard InChI is InChI=1S/C60H54N2O3/c1-11-19-42-50(12-2)64-57-48(61(46-23-16-13-20-36(46)3)40-30-26-38(27-31-40)59(5,6)7)34-44-52(54(42)57)53-45(56(44)63)35-49(58-55(53)43-22-15-18-25-51(43)65-58)62(47-24-17-14-21-37(47)4)41-32-28-39(29-33-41)60(8,9)10/h11-35H,2H2,1,3-10H3/b19-11-. The lowest BCUT2D eigenvalue weighted by molar-refractivity contribution is 0.104. The Morgan fingerprint density at radius 3 is 1.49 bits per heavy atom. The first kappa shape index (κ1) is 41.6. The van der Waals surface area contributed by atoms with Crippen molar-refractivity contribution in [1.29, 1.82) is 0 Å². The van der Waals surface area contributed by atoms with E-state index < -0.39 is 0 Å². The van der Waals surface area contributed by atoms with Gasteiger partial charge in [0.1, 0.15) is 11.3 Å². The van der Waals surface area contributed by atoms with Crippen molar-refractivity contribution in [2.75, 3.05) is 9.80 Å². The van der Waals surface area contributed by atoms with E-state index in [1.165, 1.54) is 11.1 Å². The Labute approximate surface area is 381 Å². The van der Waals surface area contributed by atoms with E-state index in [0.717, 1.165) is 83.7 Å². The number of allylic oxidation sites excluding steroid dienone is 1. The summed E-state index contributed by atoms with van der Waals surface area (Å²) in [6.07, 6.45) is 5.87. The van der Waals surface area contributed by atoms with Gasteiger partial charge in [0.25, 0.3) is 0 Å². The number of carbonyl (C=O) groups is 1. The van der Waals surface area contributed by atoms with Crippen molar-refractivity contribution < 1.29 is 13.6 Å². The molecule has 10 rings (SSSR count). The van der Waals surface area contributed by atoms with Crippen LogP contribution in [-0.4, -0.2) is 5.78 Å². The van der Waals surface area contributed by atoms with E-state index in [9.17, 15) is 0 Å². The smallest absolute Gasteiger partial charge is 0.194 e. The lowest BCUT2D eigenvalue weighted by atomic mass is 9.87. The number of anilines is 6. The van der Waals surface area contributed by atoms with Gasteiger partial charge < -0.3 is 18.6 Å². The molecule has 2 aromatic heterocycles. The monoisotopic (exact) mass is 850 g/mol. The van der Waals surface area contributed by atoms with Crippen molar-refractivity contribution >= 4 is 85.0 Å². The van der Waals surface area contributed by atoms with E-state index >= 15 is 4.79 Å². The van der Waals surface area contributed by atoms with Gasteiger partial charge in [-0.25, -0.2) is 0 Å². The van der Waals surface area contributed by atoms with Crippen LogP contribution in [-0.2, 0) is 10.8 Å². The summed E-state index contributed by atoms with van der Waals surface area (Å²) in [6, 6.07) is 46.6. The first-order chi connectivity index (χ1) is 31.2. The van der Waals surface area contributed by atoms with Crippen molar-refractivity contribution in [3.05, 3.63) is 191 Å². The lowest BCUT2D eigenvalue weighted by Crippen LogP contribution is -2.14. The highest BCUT2D eigenvalue weighted by Crippen LogP contribution is 2.56. The summed E-state index contributed by atoms with van der Waals surface area (Å²) >= 11 is 0. The van der Waals surface area contributed by atoms with Crippen LogP contribution in [0.1, 0.15) is 98.0 Å². The molecule has 0 unspecified atom stereocenters. The van der Waals surface area contributed by atoms with E-state index in [2.05, 4.69) is 193 Å². The van der Waals surface area contributed by atoms with Gasteiger partial charge in [-0.2, -0.15) is 0 Å². The van der Waals surface area contributed by atoms with Crippen LogP contribution in [0.15, 0.2) is 155 Å². The van der Waals surface area contributed by atoms with Crippen molar-refractivity contribution in [3.8, 4) is 11.1 Å². The summed E-state index contributed by atoms with van der Waals surface area (Å²) in [7, 11) is 0. The Bertz CT molecular complexity index is 3400. The number of para-hydroxylation sites is 3. The predicted octanol–water partition coefficient (Wildman–Crippen LogP) is 17.4. The maximum absolute atomic E-state index is 15.8. The van der Waals surface area contributed by atoms with E-state index in [1.807, 2.05) is 31.2 Å². The van der Waals surface area contributed by atoms with Gasteiger partial charge in [0, 0.05) is 66.7 Å². The molecule has 7 aromatic carbocycles.